The maximum atomic E-state index is 12.7. The Bertz CT molecular complexity index is 1080. The van der Waals surface area contributed by atoms with Crippen molar-refractivity contribution in [2.75, 3.05) is 13.1 Å². The molecular weight excluding hydrogens is 410 g/mol. The molecule has 1 heterocycles. The minimum Gasteiger partial charge on any atom is -0.444 e. The highest BCUT2D eigenvalue weighted by Gasteiger charge is 2.35. The molecule has 0 saturated carbocycles. The number of carbonyl (C=O) groups is 1. The predicted molar refractivity (Wildman–Crippen MR) is 133 cm³/mol. The Labute approximate surface area is 197 Å². The Balaban J connectivity index is 1.52. The van der Waals surface area contributed by atoms with Crippen LogP contribution in [0.5, 0.6) is 0 Å². The third kappa shape index (κ3) is 5.94. The van der Waals surface area contributed by atoms with Crippen LogP contribution in [0, 0.1) is 6.92 Å². The Morgan fingerprint density at radius 3 is 2.39 bits per heavy atom. The monoisotopic (exact) mass is 444 g/mol. The summed E-state index contributed by atoms with van der Waals surface area (Å²) in [4.78, 5) is 14.5. The van der Waals surface area contributed by atoms with Crippen molar-refractivity contribution in [1.29, 1.82) is 0 Å². The van der Waals surface area contributed by atoms with Crippen molar-refractivity contribution in [3.05, 3.63) is 90.3 Å². The summed E-state index contributed by atoms with van der Waals surface area (Å²) >= 11 is 0. The molecule has 1 radical (unpaired) electrons. The number of nitrogens with zero attached hydrogens (tertiary/aromatic N) is 1. The molecule has 3 aromatic carbocycles. The molecule has 33 heavy (non-hydrogen) atoms. The predicted octanol–water partition coefficient (Wildman–Crippen LogP) is 6.53. The van der Waals surface area contributed by atoms with E-state index >= 15 is 0 Å². The second-order valence-electron chi connectivity index (χ2n) is 9.84. The van der Waals surface area contributed by atoms with Crippen molar-refractivity contribution in [1.82, 2.24) is 4.90 Å². The second kappa shape index (κ2) is 9.96. The van der Waals surface area contributed by atoms with E-state index in [-0.39, 0.29) is 18.1 Å². The number of piperidine rings is 1. The van der Waals surface area contributed by atoms with Crippen molar-refractivity contribution in [3.63, 3.8) is 0 Å². The van der Waals surface area contributed by atoms with Gasteiger partial charge in [0.1, 0.15) is 5.60 Å². The zero-order chi connectivity index (χ0) is 23.4. The number of ether oxygens (including phenoxy) is 2. The average Bonchev–Trinajstić information content (AvgIpc) is 2.81. The maximum Gasteiger partial charge on any atom is 0.410 e. The molecule has 0 aliphatic carbocycles. The van der Waals surface area contributed by atoms with Gasteiger partial charge in [-0.15, -0.1) is 0 Å². The van der Waals surface area contributed by atoms with Crippen LogP contribution in [0.3, 0.4) is 0 Å². The van der Waals surface area contributed by atoms with Gasteiger partial charge in [-0.25, -0.2) is 4.79 Å². The highest BCUT2D eigenvalue weighted by molar-refractivity contribution is 5.82. The van der Waals surface area contributed by atoms with Gasteiger partial charge in [0, 0.05) is 12.5 Å². The van der Waals surface area contributed by atoms with Gasteiger partial charge in [-0.3, -0.25) is 0 Å². The quantitative estimate of drug-likeness (QED) is 0.449. The van der Waals surface area contributed by atoms with Crippen molar-refractivity contribution >= 4 is 16.9 Å². The number of benzene rings is 3. The molecule has 4 nitrogen and oxygen atoms in total. The van der Waals surface area contributed by atoms with Gasteiger partial charge in [0.05, 0.1) is 19.3 Å². The molecule has 173 valence electrons. The highest BCUT2D eigenvalue weighted by atomic mass is 16.6. The number of fused-ring (bicyclic) bond motifs is 1. The zero-order valence-electron chi connectivity index (χ0n) is 19.9. The molecular formula is C29H34NO3. The lowest BCUT2D eigenvalue weighted by molar-refractivity contribution is -0.0359. The number of hydrogen-bond acceptors (Lipinski definition) is 3. The maximum absolute atomic E-state index is 12.7. The zero-order valence-corrected chi connectivity index (χ0v) is 19.9. The molecule has 0 bridgehead atoms. The van der Waals surface area contributed by atoms with Crippen molar-refractivity contribution in [2.24, 2.45) is 0 Å². The van der Waals surface area contributed by atoms with Gasteiger partial charge >= 0.3 is 6.09 Å². The molecule has 0 spiro atoms. The van der Waals surface area contributed by atoms with E-state index in [2.05, 4.69) is 73.7 Å². The first-order valence-corrected chi connectivity index (χ1v) is 11.8. The highest BCUT2D eigenvalue weighted by Crippen LogP contribution is 2.32. The van der Waals surface area contributed by atoms with E-state index in [1.807, 2.05) is 20.8 Å². The van der Waals surface area contributed by atoms with Gasteiger partial charge in [-0.05, 0) is 74.1 Å². The first-order valence-electron chi connectivity index (χ1n) is 11.8. The molecule has 4 rings (SSSR count). The van der Waals surface area contributed by atoms with E-state index in [1.54, 1.807) is 4.90 Å². The van der Waals surface area contributed by atoms with E-state index in [9.17, 15) is 4.79 Å². The molecule has 0 aromatic heterocycles. The summed E-state index contributed by atoms with van der Waals surface area (Å²) in [5.74, 6) is 0.225. The average molecular weight is 445 g/mol. The molecule has 1 aliphatic rings. The van der Waals surface area contributed by atoms with Gasteiger partial charge in [0.25, 0.3) is 0 Å². The molecule has 1 fully saturated rings. The lowest BCUT2D eigenvalue weighted by Crippen LogP contribution is -2.48. The molecule has 1 aliphatic heterocycles. The smallest absolute Gasteiger partial charge is 0.410 e. The number of carbonyl (C=O) groups excluding carboxylic acids is 1. The van der Waals surface area contributed by atoms with Crippen LogP contribution in [0.25, 0.3) is 10.8 Å². The van der Waals surface area contributed by atoms with E-state index in [0.717, 1.165) is 18.4 Å². The first-order chi connectivity index (χ1) is 15.8. The standard InChI is InChI=1S/C29H34NO3/c1-5-21-10-14-24(15-11-21)26-16-17-30(28(31)33-29(2,3)4)19-27(26)32-20-22-12-13-23-8-6-7-9-25(23)18-22/h6-15,18,26-27H,1,5,16-17,19-20H2,2-4H3. The molecule has 3 aromatic rings. The van der Waals surface area contributed by atoms with Crippen LogP contribution in [0.4, 0.5) is 4.79 Å². The minimum absolute atomic E-state index is 0.108. The van der Waals surface area contributed by atoms with Crippen LogP contribution in [0.15, 0.2) is 66.7 Å². The fourth-order valence-corrected chi connectivity index (χ4v) is 4.42. The number of amides is 1. The number of rotatable bonds is 5. The Morgan fingerprint density at radius 2 is 1.70 bits per heavy atom. The van der Waals surface area contributed by atoms with Crippen LogP contribution in [0.1, 0.15) is 49.8 Å². The van der Waals surface area contributed by atoms with Gasteiger partial charge < -0.3 is 14.4 Å². The summed E-state index contributed by atoms with van der Waals surface area (Å²) in [5, 5.41) is 2.43. The van der Waals surface area contributed by atoms with E-state index in [4.69, 9.17) is 9.47 Å². The van der Waals surface area contributed by atoms with Crippen LogP contribution < -0.4 is 0 Å². The Hall–Kier alpha value is -2.85. The van der Waals surface area contributed by atoms with Gasteiger partial charge in [0.15, 0.2) is 0 Å². The minimum atomic E-state index is -0.514. The van der Waals surface area contributed by atoms with Crippen LogP contribution in [0.2, 0.25) is 0 Å². The molecule has 0 N–H and O–H groups in total. The summed E-state index contributed by atoms with van der Waals surface area (Å²) in [7, 11) is 0. The summed E-state index contributed by atoms with van der Waals surface area (Å²) in [6.45, 7) is 11.4. The third-order valence-electron chi connectivity index (χ3n) is 6.19. The van der Waals surface area contributed by atoms with E-state index in [1.165, 1.54) is 21.9 Å². The van der Waals surface area contributed by atoms with Crippen molar-refractivity contribution in [2.45, 2.75) is 57.8 Å². The van der Waals surface area contributed by atoms with Crippen LogP contribution in [-0.4, -0.2) is 35.8 Å². The van der Waals surface area contributed by atoms with Gasteiger partial charge in [-0.2, -0.15) is 0 Å². The Morgan fingerprint density at radius 1 is 1.00 bits per heavy atom. The number of hydrogen-bond donors (Lipinski definition) is 0. The summed E-state index contributed by atoms with van der Waals surface area (Å²) < 4.78 is 12.1. The van der Waals surface area contributed by atoms with E-state index < -0.39 is 5.60 Å². The SMILES string of the molecule is [CH2]Cc1ccc(C2CCN(C(=O)OC(C)(C)C)CC2OCc2ccc3ccccc3c2)cc1. The lowest BCUT2D eigenvalue weighted by Gasteiger charge is -2.39. The molecule has 1 saturated heterocycles. The molecule has 4 heteroatoms. The Kier molecular flexibility index (Phi) is 7.04. The first kappa shape index (κ1) is 23.3. The van der Waals surface area contributed by atoms with Gasteiger partial charge in [0.2, 0.25) is 0 Å². The largest absolute Gasteiger partial charge is 0.444 e. The lowest BCUT2D eigenvalue weighted by atomic mass is 9.86. The molecule has 1 amide bonds. The number of likely N-dealkylation sites (tertiary alicyclic amines) is 1. The normalized spacial score (nSPS) is 19.0. The van der Waals surface area contributed by atoms with Crippen molar-refractivity contribution < 1.29 is 14.3 Å². The molecule has 2 unspecified atom stereocenters. The summed E-state index contributed by atoms with van der Waals surface area (Å²) in [6.07, 6.45) is 1.24. The van der Waals surface area contributed by atoms with Crippen LogP contribution in [-0.2, 0) is 22.5 Å². The molecule has 2 atom stereocenters. The van der Waals surface area contributed by atoms with Crippen molar-refractivity contribution in [3.8, 4) is 0 Å². The topological polar surface area (TPSA) is 38.8 Å². The summed E-state index contributed by atoms with van der Waals surface area (Å²) in [5.41, 5.74) is 3.09. The fraction of sp³-hybridized carbons (Fsp3) is 0.379. The van der Waals surface area contributed by atoms with Gasteiger partial charge in [-0.1, -0.05) is 60.7 Å². The van der Waals surface area contributed by atoms with E-state index in [0.29, 0.717) is 19.7 Å². The van der Waals surface area contributed by atoms with Crippen LogP contribution >= 0.6 is 0 Å². The second-order valence-corrected chi connectivity index (χ2v) is 9.84. The summed E-state index contributed by atoms with van der Waals surface area (Å²) in [6, 6.07) is 23.4. The fourth-order valence-electron chi connectivity index (χ4n) is 4.42. The third-order valence-corrected chi connectivity index (χ3v) is 6.19.